The molecular formula is C17H33N. The maximum absolute atomic E-state index is 3.99. The fraction of sp³-hybridized carbons (Fsp3) is 1.00. The van der Waals surface area contributed by atoms with E-state index in [1.165, 1.54) is 51.4 Å². The summed E-state index contributed by atoms with van der Waals surface area (Å²) in [6.45, 7) is 9.68. The van der Waals surface area contributed by atoms with Gasteiger partial charge in [-0.3, -0.25) is 0 Å². The summed E-state index contributed by atoms with van der Waals surface area (Å²) >= 11 is 0. The molecule has 2 saturated carbocycles. The monoisotopic (exact) mass is 251 g/mol. The first-order valence-corrected chi connectivity index (χ1v) is 8.26. The van der Waals surface area contributed by atoms with E-state index in [1.54, 1.807) is 0 Å². The van der Waals surface area contributed by atoms with Crippen molar-refractivity contribution in [1.82, 2.24) is 5.32 Å². The van der Waals surface area contributed by atoms with E-state index >= 15 is 0 Å². The molecule has 0 spiro atoms. The van der Waals surface area contributed by atoms with Crippen LogP contribution in [0.3, 0.4) is 0 Å². The van der Waals surface area contributed by atoms with Crippen LogP contribution in [0.1, 0.15) is 79.1 Å². The highest BCUT2D eigenvalue weighted by Crippen LogP contribution is 2.39. The lowest BCUT2D eigenvalue weighted by Crippen LogP contribution is -2.47. The minimum absolute atomic E-state index is 0.581. The van der Waals surface area contributed by atoms with Crippen molar-refractivity contribution >= 4 is 0 Å². The van der Waals surface area contributed by atoms with Crippen LogP contribution in [-0.2, 0) is 0 Å². The van der Waals surface area contributed by atoms with Crippen molar-refractivity contribution < 1.29 is 0 Å². The van der Waals surface area contributed by atoms with Crippen LogP contribution in [0.15, 0.2) is 0 Å². The second-order valence-electron chi connectivity index (χ2n) is 7.78. The molecule has 0 radical (unpaired) electrons. The Morgan fingerprint density at radius 3 is 2.28 bits per heavy atom. The Kier molecular flexibility index (Phi) is 4.75. The first-order chi connectivity index (χ1) is 8.50. The van der Waals surface area contributed by atoms with Gasteiger partial charge in [0.15, 0.2) is 0 Å². The lowest BCUT2D eigenvalue weighted by molar-refractivity contribution is 0.132. The molecule has 2 rings (SSSR count). The topological polar surface area (TPSA) is 12.0 Å². The van der Waals surface area contributed by atoms with E-state index in [0.717, 1.165) is 23.9 Å². The van der Waals surface area contributed by atoms with Crippen LogP contribution in [0.25, 0.3) is 0 Å². The summed E-state index contributed by atoms with van der Waals surface area (Å²) in [5.41, 5.74) is 0.581. The van der Waals surface area contributed by atoms with Gasteiger partial charge in [0.05, 0.1) is 0 Å². The highest BCUT2D eigenvalue weighted by Gasteiger charge is 2.33. The van der Waals surface area contributed by atoms with Gasteiger partial charge in [0, 0.05) is 12.1 Å². The van der Waals surface area contributed by atoms with Crippen molar-refractivity contribution in [3.05, 3.63) is 0 Å². The molecule has 0 aromatic carbocycles. The van der Waals surface area contributed by atoms with Gasteiger partial charge in [0.25, 0.3) is 0 Å². The molecule has 0 bridgehead atoms. The summed E-state index contributed by atoms with van der Waals surface area (Å²) in [7, 11) is 0. The van der Waals surface area contributed by atoms with Gasteiger partial charge in [0.1, 0.15) is 0 Å². The van der Waals surface area contributed by atoms with Crippen LogP contribution in [0, 0.1) is 17.3 Å². The van der Waals surface area contributed by atoms with Gasteiger partial charge in [0.2, 0.25) is 0 Å². The van der Waals surface area contributed by atoms with E-state index in [9.17, 15) is 0 Å². The van der Waals surface area contributed by atoms with Gasteiger partial charge < -0.3 is 5.32 Å². The Bertz CT molecular complexity index is 250. The molecule has 0 amide bonds. The second-order valence-corrected chi connectivity index (χ2v) is 7.78. The highest BCUT2D eigenvalue weighted by molar-refractivity contribution is 4.89. The zero-order valence-corrected chi connectivity index (χ0v) is 13.0. The maximum atomic E-state index is 3.99. The van der Waals surface area contributed by atoms with Crippen molar-refractivity contribution in [3.63, 3.8) is 0 Å². The minimum Gasteiger partial charge on any atom is -0.311 e. The van der Waals surface area contributed by atoms with Crippen LogP contribution in [0.2, 0.25) is 0 Å². The lowest BCUT2D eigenvalue weighted by Gasteiger charge is -2.42. The molecule has 2 aliphatic rings. The Balaban J connectivity index is 1.77. The van der Waals surface area contributed by atoms with Gasteiger partial charge >= 0.3 is 0 Å². The maximum Gasteiger partial charge on any atom is 0.00956 e. The third kappa shape index (κ3) is 3.73. The predicted molar refractivity (Wildman–Crippen MR) is 79.8 cm³/mol. The van der Waals surface area contributed by atoms with Gasteiger partial charge in [-0.25, -0.2) is 0 Å². The molecule has 18 heavy (non-hydrogen) atoms. The summed E-state index contributed by atoms with van der Waals surface area (Å²) in [6.07, 6.45) is 11.3. The molecule has 1 nitrogen and oxygen atoms in total. The fourth-order valence-corrected chi connectivity index (χ4v) is 4.23. The smallest absolute Gasteiger partial charge is 0.00956 e. The molecule has 2 unspecified atom stereocenters. The summed E-state index contributed by atoms with van der Waals surface area (Å²) in [6, 6.07) is 1.61. The molecule has 2 aliphatic carbocycles. The van der Waals surface area contributed by atoms with Gasteiger partial charge in [-0.2, -0.15) is 0 Å². The quantitative estimate of drug-likeness (QED) is 0.762. The average Bonchev–Trinajstić information content (AvgIpc) is 2.33. The average molecular weight is 251 g/mol. The number of rotatable bonds is 3. The van der Waals surface area contributed by atoms with Crippen molar-refractivity contribution in [2.45, 2.75) is 91.1 Å². The molecule has 0 heterocycles. The van der Waals surface area contributed by atoms with E-state index in [2.05, 4.69) is 33.0 Å². The molecule has 0 aromatic rings. The summed E-state index contributed by atoms with van der Waals surface area (Å²) < 4.78 is 0. The van der Waals surface area contributed by atoms with Crippen LogP contribution < -0.4 is 5.32 Å². The Morgan fingerprint density at radius 1 is 1.06 bits per heavy atom. The van der Waals surface area contributed by atoms with Crippen LogP contribution in [-0.4, -0.2) is 12.1 Å². The molecule has 2 atom stereocenters. The summed E-state index contributed by atoms with van der Waals surface area (Å²) in [4.78, 5) is 0. The van der Waals surface area contributed by atoms with Crippen LogP contribution in [0.4, 0.5) is 0 Å². The molecular weight excluding hydrogens is 218 g/mol. The largest absolute Gasteiger partial charge is 0.311 e. The van der Waals surface area contributed by atoms with E-state index in [-0.39, 0.29) is 0 Å². The number of nitrogens with one attached hydrogen (secondary N) is 1. The van der Waals surface area contributed by atoms with E-state index in [1.807, 2.05) is 0 Å². The molecule has 106 valence electrons. The first-order valence-electron chi connectivity index (χ1n) is 8.26. The predicted octanol–water partition coefficient (Wildman–Crippen LogP) is 4.76. The molecule has 0 saturated heterocycles. The highest BCUT2D eigenvalue weighted by atomic mass is 15.0. The molecule has 1 heteroatoms. The summed E-state index contributed by atoms with van der Waals surface area (Å²) in [5, 5.41) is 3.99. The Labute approximate surface area is 114 Å². The van der Waals surface area contributed by atoms with E-state index in [4.69, 9.17) is 0 Å². The second kappa shape index (κ2) is 5.94. The van der Waals surface area contributed by atoms with Gasteiger partial charge in [-0.15, -0.1) is 0 Å². The van der Waals surface area contributed by atoms with Crippen LogP contribution >= 0.6 is 0 Å². The van der Waals surface area contributed by atoms with E-state index < -0.39 is 0 Å². The third-order valence-corrected chi connectivity index (χ3v) is 5.57. The van der Waals surface area contributed by atoms with E-state index in [0.29, 0.717) is 5.41 Å². The lowest BCUT2D eigenvalue weighted by atomic mass is 9.70. The molecule has 0 aromatic heterocycles. The van der Waals surface area contributed by atoms with Gasteiger partial charge in [-0.1, -0.05) is 34.1 Å². The standard InChI is InChI=1S/C17H33N/c1-5-14-6-8-15(9-7-14)18-16-10-11-17(3,4)12-13(16)2/h13-16,18H,5-12H2,1-4H3. The third-order valence-electron chi connectivity index (χ3n) is 5.57. The first kappa shape index (κ1) is 14.4. The number of hydrogen-bond donors (Lipinski definition) is 1. The summed E-state index contributed by atoms with van der Waals surface area (Å²) in [5.74, 6) is 1.88. The van der Waals surface area contributed by atoms with Crippen molar-refractivity contribution in [1.29, 1.82) is 0 Å². The molecule has 1 N–H and O–H groups in total. The van der Waals surface area contributed by atoms with Crippen molar-refractivity contribution in [2.24, 2.45) is 17.3 Å². The van der Waals surface area contributed by atoms with Crippen LogP contribution in [0.5, 0.6) is 0 Å². The van der Waals surface area contributed by atoms with Crippen molar-refractivity contribution in [3.8, 4) is 0 Å². The number of hydrogen-bond acceptors (Lipinski definition) is 1. The molecule has 0 aliphatic heterocycles. The normalized spacial score (nSPS) is 40.7. The Hall–Kier alpha value is -0.0400. The minimum atomic E-state index is 0.581. The van der Waals surface area contributed by atoms with Crippen molar-refractivity contribution in [2.75, 3.05) is 0 Å². The Morgan fingerprint density at radius 2 is 1.72 bits per heavy atom. The zero-order valence-electron chi connectivity index (χ0n) is 13.0. The fourth-order valence-electron chi connectivity index (χ4n) is 4.23. The SMILES string of the molecule is CCC1CCC(NC2CCC(C)(C)CC2C)CC1. The molecule has 2 fully saturated rings. The zero-order chi connectivity index (χ0) is 13.2. The van der Waals surface area contributed by atoms with Gasteiger partial charge in [-0.05, 0) is 62.2 Å².